The Morgan fingerprint density at radius 3 is 3.00 bits per heavy atom. The zero-order valence-corrected chi connectivity index (χ0v) is 12.1. The third-order valence-electron chi connectivity index (χ3n) is 2.87. The molecule has 0 aliphatic heterocycles. The monoisotopic (exact) mass is 311 g/mol. The van der Waals surface area contributed by atoms with E-state index in [1.165, 1.54) is 0 Å². The van der Waals surface area contributed by atoms with Gasteiger partial charge in [0.25, 0.3) is 0 Å². The van der Waals surface area contributed by atoms with Gasteiger partial charge in [-0.2, -0.15) is 0 Å². The van der Waals surface area contributed by atoms with Crippen LogP contribution in [0.4, 0.5) is 0 Å². The molecule has 1 N–H and O–H groups in total. The lowest BCUT2D eigenvalue weighted by Gasteiger charge is -2.11. The van der Waals surface area contributed by atoms with E-state index in [1.54, 1.807) is 0 Å². The molecule has 2 heterocycles. The van der Waals surface area contributed by atoms with Gasteiger partial charge in [0.2, 0.25) is 0 Å². The topological polar surface area (TPSA) is 43.0 Å². The number of furan rings is 1. The van der Waals surface area contributed by atoms with Gasteiger partial charge in [-0.1, -0.05) is 0 Å². The number of hydrogen-bond acceptors (Lipinski definition) is 3. The number of rotatable bonds is 7. The zero-order valence-electron chi connectivity index (χ0n) is 10.5. The summed E-state index contributed by atoms with van der Waals surface area (Å²) in [6, 6.07) is 4.17. The average Bonchev–Trinajstić information content (AvgIpc) is 2.99. The van der Waals surface area contributed by atoms with Crippen LogP contribution in [0, 0.1) is 0 Å². The van der Waals surface area contributed by atoms with Gasteiger partial charge in [-0.25, -0.2) is 4.98 Å². The first-order valence-corrected chi connectivity index (χ1v) is 6.99. The summed E-state index contributed by atoms with van der Waals surface area (Å²) < 4.78 is 8.39. The highest BCUT2D eigenvalue weighted by Gasteiger charge is 2.08. The fourth-order valence-corrected chi connectivity index (χ4v) is 2.14. The lowest BCUT2D eigenvalue weighted by atomic mass is 10.2. The van der Waals surface area contributed by atoms with Gasteiger partial charge in [-0.15, -0.1) is 0 Å². The molecule has 98 valence electrons. The first-order valence-electron chi connectivity index (χ1n) is 6.20. The Balaban J connectivity index is 1.60. The van der Waals surface area contributed by atoms with Gasteiger partial charge in [-0.3, -0.25) is 0 Å². The number of aromatic nitrogens is 2. The SMILES string of the molecule is CC(NCCCCn1ccnc1)c1ccc(Br)o1. The van der Waals surface area contributed by atoms with Crippen LogP contribution in [-0.4, -0.2) is 16.1 Å². The molecule has 2 aromatic heterocycles. The fraction of sp³-hybridized carbons (Fsp3) is 0.462. The molecule has 0 bridgehead atoms. The van der Waals surface area contributed by atoms with Gasteiger partial charge in [0.15, 0.2) is 4.67 Å². The maximum atomic E-state index is 5.50. The predicted molar refractivity (Wildman–Crippen MR) is 74.3 cm³/mol. The minimum atomic E-state index is 0.254. The molecule has 0 radical (unpaired) electrons. The molecule has 18 heavy (non-hydrogen) atoms. The fourth-order valence-electron chi connectivity index (χ4n) is 1.82. The largest absolute Gasteiger partial charge is 0.453 e. The normalized spacial score (nSPS) is 12.8. The summed E-state index contributed by atoms with van der Waals surface area (Å²) in [5.74, 6) is 0.969. The van der Waals surface area contributed by atoms with E-state index in [2.05, 4.69) is 37.7 Å². The number of nitrogens with one attached hydrogen (secondary N) is 1. The maximum absolute atomic E-state index is 5.50. The highest BCUT2D eigenvalue weighted by atomic mass is 79.9. The van der Waals surface area contributed by atoms with Crippen molar-refractivity contribution in [3.05, 3.63) is 41.3 Å². The first-order chi connectivity index (χ1) is 8.75. The van der Waals surface area contributed by atoms with Crippen LogP contribution >= 0.6 is 15.9 Å². The molecule has 1 unspecified atom stereocenters. The van der Waals surface area contributed by atoms with Crippen LogP contribution in [0.25, 0.3) is 0 Å². The number of nitrogens with zero attached hydrogens (tertiary/aromatic N) is 2. The molecule has 0 spiro atoms. The van der Waals surface area contributed by atoms with E-state index in [4.69, 9.17) is 4.42 Å². The zero-order chi connectivity index (χ0) is 12.8. The van der Waals surface area contributed by atoms with Crippen molar-refractivity contribution in [2.75, 3.05) is 6.54 Å². The Kier molecular flexibility index (Phi) is 5.01. The molecule has 5 heteroatoms. The van der Waals surface area contributed by atoms with Gasteiger partial charge >= 0.3 is 0 Å². The van der Waals surface area contributed by atoms with E-state index in [0.29, 0.717) is 0 Å². The maximum Gasteiger partial charge on any atom is 0.169 e. The standard InChI is InChI=1S/C13H18BrN3O/c1-11(12-4-5-13(14)18-12)16-6-2-3-8-17-9-7-15-10-17/h4-5,7,9-11,16H,2-3,6,8H2,1H3. The van der Waals surface area contributed by atoms with E-state index in [-0.39, 0.29) is 6.04 Å². The molecule has 0 aromatic carbocycles. The van der Waals surface area contributed by atoms with Crippen LogP contribution in [0.5, 0.6) is 0 Å². The van der Waals surface area contributed by atoms with Gasteiger partial charge in [0.1, 0.15) is 5.76 Å². The van der Waals surface area contributed by atoms with Crippen molar-refractivity contribution >= 4 is 15.9 Å². The summed E-state index contributed by atoms with van der Waals surface area (Å²) in [6.45, 7) is 4.14. The second-order valence-electron chi connectivity index (χ2n) is 4.33. The lowest BCUT2D eigenvalue weighted by Crippen LogP contribution is -2.19. The van der Waals surface area contributed by atoms with Crippen molar-refractivity contribution in [1.29, 1.82) is 0 Å². The molecule has 1 atom stereocenters. The highest BCUT2D eigenvalue weighted by Crippen LogP contribution is 2.19. The quantitative estimate of drug-likeness (QED) is 0.797. The second-order valence-corrected chi connectivity index (χ2v) is 5.11. The summed E-state index contributed by atoms with van der Waals surface area (Å²) in [6.07, 6.45) is 7.96. The van der Waals surface area contributed by atoms with Crippen molar-refractivity contribution in [3.63, 3.8) is 0 Å². The molecule has 0 amide bonds. The van der Waals surface area contributed by atoms with Crippen molar-refractivity contribution in [2.24, 2.45) is 0 Å². The van der Waals surface area contributed by atoms with E-state index in [9.17, 15) is 0 Å². The number of halogens is 1. The molecule has 0 fully saturated rings. The molecule has 0 aliphatic rings. The van der Waals surface area contributed by atoms with Crippen LogP contribution < -0.4 is 5.32 Å². The number of aryl methyl sites for hydroxylation is 1. The molecular weight excluding hydrogens is 294 g/mol. The third kappa shape index (κ3) is 3.99. The number of hydrogen-bond donors (Lipinski definition) is 1. The second kappa shape index (κ2) is 6.75. The number of imidazole rings is 1. The summed E-state index contributed by atoms with van der Waals surface area (Å²) in [4.78, 5) is 4.02. The van der Waals surface area contributed by atoms with Crippen molar-refractivity contribution in [1.82, 2.24) is 14.9 Å². The Bertz CT molecular complexity index is 453. The van der Waals surface area contributed by atoms with Crippen LogP contribution in [0.2, 0.25) is 0 Å². The van der Waals surface area contributed by atoms with Gasteiger partial charge in [0.05, 0.1) is 12.4 Å². The summed E-state index contributed by atoms with van der Waals surface area (Å²) in [5.41, 5.74) is 0. The summed E-state index contributed by atoms with van der Waals surface area (Å²) >= 11 is 3.31. The molecule has 4 nitrogen and oxygen atoms in total. The van der Waals surface area contributed by atoms with Gasteiger partial charge in [-0.05, 0) is 54.4 Å². The summed E-state index contributed by atoms with van der Waals surface area (Å²) in [5, 5.41) is 3.45. The lowest BCUT2D eigenvalue weighted by molar-refractivity contribution is 0.413. The van der Waals surface area contributed by atoms with Crippen LogP contribution in [0.3, 0.4) is 0 Å². The molecule has 0 saturated heterocycles. The van der Waals surface area contributed by atoms with Crippen LogP contribution in [0.1, 0.15) is 31.6 Å². The third-order valence-corrected chi connectivity index (χ3v) is 3.30. The highest BCUT2D eigenvalue weighted by molar-refractivity contribution is 9.10. The number of unbranched alkanes of at least 4 members (excludes halogenated alkanes) is 1. The Morgan fingerprint density at radius 2 is 2.33 bits per heavy atom. The van der Waals surface area contributed by atoms with Crippen molar-refractivity contribution in [2.45, 2.75) is 32.4 Å². The van der Waals surface area contributed by atoms with Crippen LogP contribution in [0.15, 0.2) is 39.9 Å². The first kappa shape index (κ1) is 13.4. The minimum absolute atomic E-state index is 0.254. The van der Waals surface area contributed by atoms with E-state index < -0.39 is 0 Å². The van der Waals surface area contributed by atoms with Gasteiger partial charge < -0.3 is 14.3 Å². The molecular formula is C13H18BrN3O. The Labute approximate surface area is 116 Å². The molecule has 0 saturated carbocycles. The smallest absolute Gasteiger partial charge is 0.169 e. The molecule has 0 aliphatic carbocycles. The Hall–Kier alpha value is -1.07. The van der Waals surface area contributed by atoms with E-state index >= 15 is 0 Å². The molecule has 2 rings (SSSR count). The van der Waals surface area contributed by atoms with Crippen molar-refractivity contribution in [3.8, 4) is 0 Å². The Morgan fingerprint density at radius 1 is 1.44 bits per heavy atom. The van der Waals surface area contributed by atoms with Gasteiger partial charge in [0, 0.05) is 18.9 Å². The minimum Gasteiger partial charge on any atom is -0.453 e. The molecule has 2 aromatic rings. The van der Waals surface area contributed by atoms with E-state index in [0.717, 1.165) is 36.4 Å². The van der Waals surface area contributed by atoms with Crippen LogP contribution in [-0.2, 0) is 6.54 Å². The summed E-state index contributed by atoms with van der Waals surface area (Å²) in [7, 11) is 0. The van der Waals surface area contributed by atoms with Crippen molar-refractivity contribution < 1.29 is 4.42 Å². The van der Waals surface area contributed by atoms with E-state index in [1.807, 2.05) is 30.9 Å². The average molecular weight is 312 g/mol. The predicted octanol–water partition coefficient (Wildman–Crippen LogP) is 3.37.